The minimum absolute atomic E-state index is 0.444. The number of fused-ring (bicyclic) bond motifs is 1. The van der Waals surface area contributed by atoms with Gasteiger partial charge in [-0.1, -0.05) is 24.3 Å². The van der Waals surface area contributed by atoms with E-state index < -0.39 is 0 Å². The number of nitrogens with one attached hydrogen (secondary N) is 1. The molecular weight excluding hydrogens is 198 g/mol. The lowest BCUT2D eigenvalue weighted by Gasteiger charge is -2.18. The van der Waals surface area contributed by atoms with E-state index in [0.717, 1.165) is 26.1 Å². The lowest BCUT2D eigenvalue weighted by Crippen LogP contribution is -2.39. The molecule has 1 aliphatic carbocycles. The molecule has 1 N–H and O–H groups in total. The Morgan fingerprint density at radius 1 is 1.31 bits per heavy atom. The molecule has 0 heterocycles. The maximum absolute atomic E-state index is 5.42. The fourth-order valence-electron chi connectivity index (χ4n) is 2.42. The first kappa shape index (κ1) is 11.6. The van der Waals surface area contributed by atoms with Gasteiger partial charge in [-0.3, -0.25) is 0 Å². The average molecular weight is 219 g/mol. The third kappa shape index (κ3) is 2.83. The summed E-state index contributed by atoms with van der Waals surface area (Å²) in [5.74, 6) is 0. The van der Waals surface area contributed by atoms with Gasteiger partial charge in [0.15, 0.2) is 0 Å². The first-order valence-electron chi connectivity index (χ1n) is 6.20. The van der Waals surface area contributed by atoms with E-state index in [0.29, 0.717) is 12.1 Å². The molecular formula is C14H21NO. The van der Waals surface area contributed by atoms with E-state index in [2.05, 4.69) is 36.5 Å². The van der Waals surface area contributed by atoms with Gasteiger partial charge in [0.05, 0.1) is 6.61 Å². The quantitative estimate of drug-likeness (QED) is 0.819. The molecule has 2 rings (SSSR count). The molecule has 1 atom stereocenters. The van der Waals surface area contributed by atoms with Gasteiger partial charge in [0.2, 0.25) is 0 Å². The van der Waals surface area contributed by atoms with Gasteiger partial charge < -0.3 is 10.1 Å². The second kappa shape index (κ2) is 5.46. The standard InChI is InChI=1S/C14H21NO/c1-3-16-10-11(2)15-14-8-12-6-4-5-7-13(12)9-14/h4-7,11,14-15H,3,8-10H2,1-2H3. The third-order valence-corrected chi connectivity index (χ3v) is 3.14. The van der Waals surface area contributed by atoms with Crippen LogP contribution >= 0.6 is 0 Å². The van der Waals surface area contributed by atoms with Crippen LogP contribution in [0.1, 0.15) is 25.0 Å². The van der Waals surface area contributed by atoms with Crippen molar-refractivity contribution in [2.45, 2.75) is 38.8 Å². The lowest BCUT2D eigenvalue weighted by molar-refractivity contribution is 0.124. The van der Waals surface area contributed by atoms with Crippen molar-refractivity contribution in [3.8, 4) is 0 Å². The smallest absolute Gasteiger partial charge is 0.0616 e. The predicted octanol–water partition coefficient (Wildman–Crippen LogP) is 2.17. The summed E-state index contributed by atoms with van der Waals surface area (Å²) in [5.41, 5.74) is 3.01. The van der Waals surface area contributed by atoms with Crippen molar-refractivity contribution in [3.63, 3.8) is 0 Å². The molecule has 1 unspecified atom stereocenters. The van der Waals surface area contributed by atoms with E-state index in [1.165, 1.54) is 11.1 Å². The van der Waals surface area contributed by atoms with Gasteiger partial charge in [-0.15, -0.1) is 0 Å². The molecule has 1 aliphatic rings. The minimum atomic E-state index is 0.444. The van der Waals surface area contributed by atoms with Gasteiger partial charge in [0.1, 0.15) is 0 Å². The number of hydrogen-bond donors (Lipinski definition) is 1. The second-order valence-corrected chi connectivity index (χ2v) is 4.60. The van der Waals surface area contributed by atoms with Gasteiger partial charge in [-0.25, -0.2) is 0 Å². The summed E-state index contributed by atoms with van der Waals surface area (Å²) < 4.78 is 5.42. The van der Waals surface area contributed by atoms with Crippen LogP contribution in [-0.2, 0) is 17.6 Å². The zero-order valence-corrected chi connectivity index (χ0v) is 10.2. The monoisotopic (exact) mass is 219 g/mol. The summed E-state index contributed by atoms with van der Waals surface area (Å²) in [7, 11) is 0. The largest absolute Gasteiger partial charge is 0.380 e. The minimum Gasteiger partial charge on any atom is -0.380 e. The Hall–Kier alpha value is -0.860. The van der Waals surface area contributed by atoms with Crippen LogP contribution in [0, 0.1) is 0 Å². The first-order valence-corrected chi connectivity index (χ1v) is 6.20. The molecule has 0 bridgehead atoms. The molecule has 0 aromatic heterocycles. The van der Waals surface area contributed by atoms with E-state index in [1.54, 1.807) is 0 Å². The van der Waals surface area contributed by atoms with Crippen molar-refractivity contribution in [3.05, 3.63) is 35.4 Å². The normalized spacial score (nSPS) is 17.4. The SMILES string of the molecule is CCOCC(C)NC1Cc2ccccc2C1. The summed E-state index contributed by atoms with van der Waals surface area (Å²) in [5, 5.41) is 3.64. The maximum atomic E-state index is 5.42. The van der Waals surface area contributed by atoms with Crippen molar-refractivity contribution >= 4 is 0 Å². The Balaban J connectivity index is 1.82. The van der Waals surface area contributed by atoms with Crippen LogP contribution in [0.25, 0.3) is 0 Å². The van der Waals surface area contributed by atoms with Crippen molar-refractivity contribution in [1.82, 2.24) is 5.32 Å². The van der Waals surface area contributed by atoms with Crippen LogP contribution in [-0.4, -0.2) is 25.3 Å². The molecule has 2 heteroatoms. The molecule has 2 nitrogen and oxygen atoms in total. The molecule has 0 spiro atoms. The Kier molecular flexibility index (Phi) is 3.97. The summed E-state index contributed by atoms with van der Waals surface area (Å²) in [6.45, 7) is 5.84. The lowest BCUT2D eigenvalue weighted by atomic mass is 10.1. The molecule has 0 radical (unpaired) electrons. The first-order chi connectivity index (χ1) is 7.79. The summed E-state index contributed by atoms with van der Waals surface area (Å²) in [6.07, 6.45) is 2.32. The predicted molar refractivity (Wildman–Crippen MR) is 66.7 cm³/mol. The molecule has 0 amide bonds. The Morgan fingerprint density at radius 2 is 1.94 bits per heavy atom. The zero-order chi connectivity index (χ0) is 11.4. The van der Waals surface area contributed by atoms with Crippen LogP contribution in [0.3, 0.4) is 0 Å². The summed E-state index contributed by atoms with van der Waals surface area (Å²) >= 11 is 0. The Labute approximate surface area is 98.0 Å². The number of rotatable bonds is 5. The molecule has 0 saturated heterocycles. The summed E-state index contributed by atoms with van der Waals surface area (Å²) in [6, 6.07) is 9.77. The molecule has 0 aliphatic heterocycles. The molecule has 88 valence electrons. The number of benzene rings is 1. The van der Waals surface area contributed by atoms with Gasteiger partial charge >= 0.3 is 0 Å². The van der Waals surface area contributed by atoms with Crippen molar-refractivity contribution in [1.29, 1.82) is 0 Å². The highest BCUT2D eigenvalue weighted by atomic mass is 16.5. The van der Waals surface area contributed by atoms with Crippen LogP contribution < -0.4 is 5.32 Å². The van der Waals surface area contributed by atoms with Gasteiger partial charge in [-0.2, -0.15) is 0 Å². The van der Waals surface area contributed by atoms with Crippen molar-refractivity contribution in [2.75, 3.05) is 13.2 Å². The topological polar surface area (TPSA) is 21.3 Å². The molecule has 1 aromatic rings. The molecule has 0 saturated carbocycles. The van der Waals surface area contributed by atoms with Gasteiger partial charge in [0.25, 0.3) is 0 Å². The number of hydrogen-bond acceptors (Lipinski definition) is 2. The van der Waals surface area contributed by atoms with Crippen molar-refractivity contribution < 1.29 is 4.74 Å². The van der Waals surface area contributed by atoms with Crippen molar-refractivity contribution in [2.24, 2.45) is 0 Å². The Bertz CT molecular complexity index is 312. The van der Waals surface area contributed by atoms with Gasteiger partial charge in [-0.05, 0) is 37.8 Å². The van der Waals surface area contributed by atoms with Crippen LogP contribution in [0.5, 0.6) is 0 Å². The zero-order valence-electron chi connectivity index (χ0n) is 10.2. The number of ether oxygens (including phenoxy) is 1. The fraction of sp³-hybridized carbons (Fsp3) is 0.571. The van der Waals surface area contributed by atoms with E-state index >= 15 is 0 Å². The summed E-state index contributed by atoms with van der Waals surface area (Å²) in [4.78, 5) is 0. The van der Waals surface area contributed by atoms with Crippen LogP contribution in [0.15, 0.2) is 24.3 Å². The second-order valence-electron chi connectivity index (χ2n) is 4.60. The highest BCUT2D eigenvalue weighted by Gasteiger charge is 2.21. The van der Waals surface area contributed by atoms with Crippen LogP contribution in [0.2, 0.25) is 0 Å². The highest BCUT2D eigenvalue weighted by molar-refractivity contribution is 5.33. The molecule has 0 fully saturated rings. The van der Waals surface area contributed by atoms with E-state index in [1.807, 2.05) is 6.92 Å². The average Bonchev–Trinajstić information content (AvgIpc) is 2.68. The third-order valence-electron chi connectivity index (χ3n) is 3.14. The van der Waals surface area contributed by atoms with E-state index in [9.17, 15) is 0 Å². The van der Waals surface area contributed by atoms with E-state index in [-0.39, 0.29) is 0 Å². The van der Waals surface area contributed by atoms with Crippen LogP contribution in [0.4, 0.5) is 0 Å². The Morgan fingerprint density at radius 3 is 2.50 bits per heavy atom. The molecule has 1 aromatic carbocycles. The fourth-order valence-corrected chi connectivity index (χ4v) is 2.42. The van der Waals surface area contributed by atoms with E-state index in [4.69, 9.17) is 4.74 Å². The maximum Gasteiger partial charge on any atom is 0.0616 e. The van der Waals surface area contributed by atoms with Gasteiger partial charge in [0, 0.05) is 18.7 Å². The highest BCUT2D eigenvalue weighted by Crippen LogP contribution is 2.21. The molecule has 16 heavy (non-hydrogen) atoms.